The van der Waals surface area contributed by atoms with Crippen molar-refractivity contribution in [2.75, 3.05) is 5.32 Å². The number of furan rings is 1. The van der Waals surface area contributed by atoms with E-state index >= 15 is 0 Å². The number of benzene rings is 2. The predicted octanol–water partition coefficient (Wildman–Crippen LogP) is 6.75. The Hall–Kier alpha value is -3.97. The minimum atomic E-state index is -0.637. The van der Waals surface area contributed by atoms with Crippen molar-refractivity contribution in [3.63, 3.8) is 0 Å². The second-order valence-corrected chi connectivity index (χ2v) is 9.13. The number of hydrogen-bond donors (Lipinski definition) is 1. The molecule has 0 spiro atoms. The maximum absolute atomic E-state index is 12.6. The monoisotopic (exact) mass is 524 g/mol. The Morgan fingerprint density at radius 1 is 1.20 bits per heavy atom. The van der Waals surface area contributed by atoms with E-state index in [2.05, 4.69) is 10.3 Å². The number of amides is 1. The summed E-state index contributed by atoms with van der Waals surface area (Å²) in [7, 11) is 0. The quantitative estimate of drug-likeness (QED) is 0.123. The number of nitro groups is 1. The number of carbonyl (C=O) groups is 1. The van der Waals surface area contributed by atoms with Crippen LogP contribution in [0.3, 0.4) is 0 Å². The van der Waals surface area contributed by atoms with Gasteiger partial charge in [-0.15, -0.1) is 11.3 Å². The molecule has 0 saturated carbocycles. The zero-order valence-electron chi connectivity index (χ0n) is 17.7. The summed E-state index contributed by atoms with van der Waals surface area (Å²) in [6, 6.07) is 16.1. The van der Waals surface area contributed by atoms with Crippen molar-refractivity contribution < 1.29 is 14.1 Å². The molecule has 0 aliphatic heterocycles. The summed E-state index contributed by atoms with van der Waals surface area (Å²) in [5.41, 5.74) is 1.24. The number of anilines is 1. The Balaban J connectivity index is 1.45. The number of hydrogen-bond acceptors (Lipinski definition) is 7. The number of non-ortho nitro benzene ring substituents is 1. The Morgan fingerprint density at radius 2 is 1.97 bits per heavy atom. The minimum Gasteiger partial charge on any atom is -0.457 e. The van der Waals surface area contributed by atoms with E-state index < -0.39 is 10.8 Å². The summed E-state index contributed by atoms with van der Waals surface area (Å²) < 4.78 is 5.68. The number of rotatable bonds is 7. The van der Waals surface area contributed by atoms with Crippen LogP contribution in [-0.4, -0.2) is 15.8 Å². The van der Waals surface area contributed by atoms with Crippen molar-refractivity contribution >= 4 is 57.3 Å². The summed E-state index contributed by atoms with van der Waals surface area (Å²) in [6.07, 6.45) is 3.42. The predicted molar refractivity (Wildman–Crippen MR) is 134 cm³/mol. The summed E-state index contributed by atoms with van der Waals surface area (Å²) in [5.74, 6) is 0.0797. The summed E-state index contributed by atoms with van der Waals surface area (Å²) in [5, 5.41) is 24.4. The van der Waals surface area contributed by atoms with Crippen molar-refractivity contribution in [3.05, 3.63) is 103 Å². The number of aromatic nitrogens is 1. The van der Waals surface area contributed by atoms with Gasteiger partial charge in [0.2, 0.25) is 0 Å². The topological polar surface area (TPSA) is 122 Å². The van der Waals surface area contributed by atoms with Gasteiger partial charge in [-0.05, 0) is 48.0 Å². The lowest BCUT2D eigenvalue weighted by Crippen LogP contribution is -2.13. The first-order valence-corrected chi connectivity index (χ1v) is 11.6. The molecule has 0 unspecified atom stereocenters. The molecule has 2 aromatic carbocycles. The van der Waals surface area contributed by atoms with Crippen LogP contribution >= 0.6 is 34.5 Å². The van der Waals surface area contributed by atoms with Crippen molar-refractivity contribution in [3.8, 4) is 17.4 Å². The van der Waals surface area contributed by atoms with Crippen molar-refractivity contribution in [2.45, 2.75) is 6.42 Å². The number of nitrogens with zero attached hydrogens (tertiary/aromatic N) is 3. The maximum Gasteiger partial charge on any atom is 0.269 e. The van der Waals surface area contributed by atoms with E-state index in [9.17, 15) is 20.2 Å². The van der Waals surface area contributed by atoms with E-state index in [4.69, 9.17) is 27.6 Å². The molecular formula is C24H14Cl2N4O4S. The molecule has 0 fully saturated rings. The zero-order chi connectivity index (χ0) is 24.9. The summed E-state index contributed by atoms with van der Waals surface area (Å²) >= 11 is 13.5. The Labute approximate surface area is 213 Å². The Kier molecular flexibility index (Phi) is 7.27. The molecule has 1 N–H and O–H groups in total. The smallest absolute Gasteiger partial charge is 0.269 e. The van der Waals surface area contributed by atoms with Gasteiger partial charge in [0, 0.05) is 51.3 Å². The highest BCUT2D eigenvalue weighted by Crippen LogP contribution is 2.28. The average Bonchev–Trinajstić information content (AvgIpc) is 3.49. The molecule has 8 nitrogen and oxygen atoms in total. The fourth-order valence-electron chi connectivity index (χ4n) is 3.10. The van der Waals surface area contributed by atoms with E-state index in [1.54, 1.807) is 48.7 Å². The van der Waals surface area contributed by atoms with Gasteiger partial charge < -0.3 is 4.42 Å². The fourth-order valence-corrected chi connectivity index (χ4v) is 4.31. The normalized spacial score (nSPS) is 11.2. The van der Waals surface area contributed by atoms with E-state index in [1.165, 1.54) is 29.5 Å². The summed E-state index contributed by atoms with van der Waals surface area (Å²) in [4.78, 5) is 28.0. The van der Waals surface area contributed by atoms with Gasteiger partial charge in [0.15, 0.2) is 5.13 Å². The molecule has 35 heavy (non-hydrogen) atoms. The van der Waals surface area contributed by atoms with E-state index in [-0.39, 0.29) is 17.0 Å². The highest BCUT2D eigenvalue weighted by molar-refractivity contribution is 7.15. The molecule has 0 saturated heterocycles. The molecule has 4 aromatic rings. The number of thiazole rings is 1. The standard InChI is InChI=1S/C24H14Cl2N4O4S/c25-17-3-7-21(26)15(9-17)11-20-13-28-24(35-20)29-23(31)16(12-27)10-19-6-8-22(34-19)14-1-4-18(5-2-14)30(32)33/h1-10,13H,11H2,(H,28,29,31). The van der Waals surface area contributed by atoms with Gasteiger partial charge >= 0.3 is 0 Å². The van der Waals surface area contributed by atoms with Gasteiger partial charge in [-0.3, -0.25) is 20.2 Å². The molecule has 0 atom stereocenters. The van der Waals surface area contributed by atoms with Gasteiger partial charge in [0.25, 0.3) is 11.6 Å². The molecule has 0 aliphatic carbocycles. The molecule has 1 amide bonds. The van der Waals surface area contributed by atoms with Crippen LogP contribution in [0.5, 0.6) is 0 Å². The number of nitriles is 1. The van der Waals surface area contributed by atoms with Crippen molar-refractivity contribution in [1.29, 1.82) is 5.26 Å². The van der Waals surface area contributed by atoms with E-state index in [1.807, 2.05) is 6.07 Å². The highest BCUT2D eigenvalue weighted by atomic mass is 35.5. The first kappa shape index (κ1) is 24.2. The number of carbonyl (C=O) groups excluding carboxylic acids is 1. The second-order valence-electron chi connectivity index (χ2n) is 7.17. The molecule has 2 heterocycles. The molecule has 174 valence electrons. The third-order valence-corrected chi connectivity index (χ3v) is 6.30. The SMILES string of the molecule is N#CC(=Cc1ccc(-c2ccc([N+](=O)[O-])cc2)o1)C(=O)Nc1ncc(Cc2cc(Cl)ccc2Cl)s1. The second kappa shape index (κ2) is 10.5. The first-order chi connectivity index (χ1) is 16.8. The highest BCUT2D eigenvalue weighted by Gasteiger charge is 2.15. The lowest BCUT2D eigenvalue weighted by molar-refractivity contribution is -0.384. The maximum atomic E-state index is 12.6. The van der Waals surface area contributed by atoms with Gasteiger partial charge in [0.05, 0.1) is 4.92 Å². The van der Waals surface area contributed by atoms with Crippen LogP contribution in [0.2, 0.25) is 10.0 Å². The van der Waals surface area contributed by atoms with E-state index in [0.29, 0.717) is 32.9 Å². The van der Waals surface area contributed by atoms with Crippen LogP contribution in [0.25, 0.3) is 17.4 Å². The molecular weight excluding hydrogens is 511 g/mol. The molecule has 4 rings (SSSR count). The number of nitro benzene ring substituents is 1. The van der Waals surface area contributed by atoms with Gasteiger partial charge in [-0.1, -0.05) is 23.2 Å². The molecule has 0 bridgehead atoms. The molecule has 11 heteroatoms. The van der Waals surface area contributed by atoms with Crippen LogP contribution in [0, 0.1) is 21.4 Å². The van der Waals surface area contributed by atoms with Crippen LogP contribution in [0.1, 0.15) is 16.2 Å². The largest absolute Gasteiger partial charge is 0.457 e. The minimum absolute atomic E-state index is 0.0372. The lowest BCUT2D eigenvalue weighted by atomic mass is 10.1. The van der Waals surface area contributed by atoms with E-state index in [0.717, 1.165) is 10.4 Å². The first-order valence-electron chi connectivity index (χ1n) is 9.99. The van der Waals surface area contributed by atoms with Crippen molar-refractivity contribution in [2.24, 2.45) is 0 Å². The molecule has 0 aliphatic rings. The van der Waals surface area contributed by atoms with Gasteiger partial charge in [-0.25, -0.2) is 4.98 Å². The third kappa shape index (κ3) is 5.94. The fraction of sp³-hybridized carbons (Fsp3) is 0.0417. The Morgan fingerprint density at radius 3 is 2.69 bits per heavy atom. The van der Waals surface area contributed by atoms with Gasteiger partial charge in [-0.2, -0.15) is 5.26 Å². The third-order valence-electron chi connectivity index (χ3n) is 4.79. The molecule has 0 radical (unpaired) electrons. The lowest BCUT2D eigenvalue weighted by Gasteiger charge is -2.02. The van der Waals surface area contributed by atoms with Crippen LogP contribution in [-0.2, 0) is 11.2 Å². The average molecular weight is 525 g/mol. The molecule has 2 aromatic heterocycles. The summed E-state index contributed by atoms with van der Waals surface area (Å²) in [6.45, 7) is 0. The van der Waals surface area contributed by atoms with Crippen LogP contribution in [0.4, 0.5) is 10.8 Å². The Bertz CT molecular complexity index is 1490. The zero-order valence-corrected chi connectivity index (χ0v) is 20.0. The van der Waals surface area contributed by atoms with Crippen molar-refractivity contribution in [1.82, 2.24) is 4.98 Å². The van der Waals surface area contributed by atoms with Crippen LogP contribution < -0.4 is 5.32 Å². The van der Waals surface area contributed by atoms with Crippen LogP contribution in [0.15, 0.2) is 70.8 Å². The number of nitrogens with one attached hydrogen (secondary N) is 1. The number of halogens is 2. The van der Waals surface area contributed by atoms with Gasteiger partial charge in [0.1, 0.15) is 23.2 Å².